The van der Waals surface area contributed by atoms with Crippen molar-refractivity contribution in [3.8, 4) is 5.75 Å². The van der Waals surface area contributed by atoms with E-state index in [0.29, 0.717) is 51.0 Å². The normalized spacial score (nSPS) is 14.2. The number of rotatable bonds is 8. The highest BCUT2D eigenvalue weighted by atomic mass is 32.2. The van der Waals surface area contributed by atoms with Crippen LogP contribution < -0.4 is 10.1 Å². The van der Waals surface area contributed by atoms with Crippen molar-refractivity contribution in [1.29, 1.82) is 0 Å². The van der Waals surface area contributed by atoms with Gasteiger partial charge in [-0.2, -0.15) is 4.31 Å². The number of nitrogens with zero attached hydrogens (tertiary/aromatic N) is 2. The van der Waals surface area contributed by atoms with Gasteiger partial charge < -0.3 is 15.0 Å². The highest BCUT2D eigenvalue weighted by Crippen LogP contribution is 2.21. The van der Waals surface area contributed by atoms with Gasteiger partial charge >= 0.3 is 0 Å². The molecular weight excluding hydrogens is 454 g/mol. The topological polar surface area (TPSA) is 96.0 Å². The molecule has 0 spiro atoms. The van der Waals surface area contributed by atoms with Gasteiger partial charge in [-0.1, -0.05) is 38.1 Å². The Kier molecular flexibility index (Phi) is 10.5. The van der Waals surface area contributed by atoms with Crippen molar-refractivity contribution in [3.05, 3.63) is 59.7 Å². The van der Waals surface area contributed by atoms with E-state index in [4.69, 9.17) is 4.74 Å². The van der Waals surface area contributed by atoms with E-state index in [2.05, 4.69) is 31.3 Å². The summed E-state index contributed by atoms with van der Waals surface area (Å²) in [4.78, 5) is 23.2. The molecule has 2 aromatic carbocycles. The second-order valence-corrected chi connectivity index (χ2v) is 10.1. The number of carbonyl (C=O) groups excluding carboxylic acids is 2. The molecule has 1 saturated heterocycles. The number of benzene rings is 2. The lowest BCUT2D eigenvalue weighted by molar-refractivity contribution is -0.130. The standard InChI is InChI=1S/C14H20N2O4S.C11H15NO/c1-3-20-13-4-6-14(7-5-13)21(18,19)16-10-8-15(9-11-16)12(2)17;1-9(2)11-5-3-10(4-6-11)7-12-8-13/h4-7H,3,8-11H2,1-2H3;3-6,8-9H,7H2,1-2H3,(H,12,13). The molecule has 186 valence electrons. The molecule has 1 N–H and O–H groups in total. The molecule has 0 aliphatic carbocycles. The van der Waals surface area contributed by atoms with Crippen LogP contribution in [0.15, 0.2) is 53.4 Å². The van der Waals surface area contributed by atoms with Gasteiger partial charge in [-0.3, -0.25) is 9.59 Å². The Labute approximate surface area is 202 Å². The summed E-state index contributed by atoms with van der Waals surface area (Å²) in [7, 11) is -3.50. The molecule has 1 fully saturated rings. The van der Waals surface area contributed by atoms with E-state index in [1.165, 1.54) is 16.8 Å². The number of amides is 2. The zero-order valence-electron chi connectivity index (χ0n) is 20.4. The van der Waals surface area contributed by atoms with Crippen molar-refractivity contribution >= 4 is 22.3 Å². The summed E-state index contributed by atoms with van der Waals surface area (Å²) in [5, 5.41) is 2.63. The van der Waals surface area contributed by atoms with Gasteiger partial charge in [-0.25, -0.2) is 8.42 Å². The average Bonchev–Trinajstić information content (AvgIpc) is 2.84. The van der Waals surface area contributed by atoms with Gasteiger partial charge in [0.05, 0.1) is 11.5 Å². The second-order valence-electron chi connectivity index (χ2n) is 8.21. The zero-order chi connectivity index (χ0) is 25.1. The van der Waals surface area contributed by atoms with Gasteiger partial charge in [0.25, 0.3) is 0 Å². The molecule has 1 aliphatic rings. The fraction of sp³-hybridized carbons (Fsp3) is 0.440. The third-order valence-electron chi connectivity index (χ3n) is 5.49. The number of piperazine rings is 1. The summed E-state index contributed by atoms with van der Waals surface area (Å²) in [6.07, 6.45) is 0.719. The average molecular weight is 490 g/mol. The predicted molar refractivity (Wildman–Crippen MR) is 132 cm³/mol. The van der Waals surface area contributed by atoms with E-state index in [1.54, 1.807) is 29.2 Å². The first-order valence-electron chi connectivity index (χ1n) is 11.4. The lowest BCUT2D eigenvalue weighted by Crippen LogP contribution is -2.49. The van der Waals surface area contributed by atoms with E-state index in [0.717, 1.165) is 12.0 Å². The molecule has 0 atom stereocenters. The van der Waals surface area contributed by atoms with Gasteiger partial charge in [0.15, 0.2) is 0 Å². The van der Waals surface area contributed by atoms with E-state index in [-0.39, 0.29) is 10.8 Å². The fourth-order valence-electron chi connectivity index (χ4n) is 3.45. The van der Waals surface area contributed by atoms with Crippen LogP contribution in [0, 0.1) is 0 Å². The summed E-state index contributed by atoms with van der Waals surface area (Å²) < 4.78 is 31.8. The number of sulfonamides is 1. The van der Waals surface area contributed by atoms with Crippen molar-refractivity contribution in [2.45, 2.75) is 45.1 Å². The van der Waals surface area contributed by atoms with Crippen molar-refractivity contribution in [1.82, 2.24) is 14.5 Å². The Hall–Kier alpha value is -2.91. The predicted octanol–water partition coefficient (Wildman–Crippen LogP) is 2.99. The van der Waals surface area contributed by atoms with Crippen molar-refractivity contribution < 1.29 is 22.7 Å². The first-order valence-corrected chi connectivity index (χ1v) is 12.9. The first-order chi connectivity index (χ1) is 16.2. The molecule has 9 heteroatoms. The third kappa shape index (κ3) is 7.85. The molecule has 1 heterocycles. The highest BCUT2D eigenvalue weighted by molar-refractivity contribution is 7.89. The summed E-state index contributed by atoms with van der Waals surface area (Å²) >= 11 is 0. The molecule has 3 rings (SSSR count). The molecule has 2 amide bonds. The van der Waals surface area contributed by atoms with E-state index in [1.807, 2.05) is 19.1 Å². The molecule has 8 nitrogen and oxygen atoms in total. The summed E-state index contributed by atoms with van der Waals surface area (Å²) in [6, 6.07) is 14.7. The lowest BCUT2D eigenvalue weighted by atomic mass is 10.0. The van der Waals surface area contributed by atoms with Crippen LogP contribution in [0.3, 0.4) is 0 Å². The van der Waals surface area contributed by atoms with Gasteiger partial charge in [-0.05, 0) is 48.2 Å². The van der Waals surface area contributed by atoms with Crippen LogP contribution in [0.25, 0.3) is 0 Å². The van der Waals surface area contributed by atoms with Gasteiger partial charge in [0, 0.05) is 39.6 Å². The number of carbonyl (C=O) groups is 2. The molecule has 0 bridgehead atoms. The first kappa shape index (κ1) is 27.3. The second kappa shape index (κ2) is 13.1. The monoisotopic (exact) mass is 489 g/mol. The Morgan fingerprint density at radius 2 is 1.62 bits per heavy atom. The smallest absolute Gasteiger partial charge is 0.243 e. The molecular formula is C25H35N3O5S. The maximum atomic E-state index is 12.5. The largest absolute Gasteiger partial charge is 0.494 e. The van der Waals surface area contributed by atoms with Gasteiger partial charge in [-0.15, -0.1) is 0 Å². The van der Waals surface area contributed by atoms with Crippen LogP contribution >= 0.6 is 0 Å². The minimum absolute atomic E-state index is 0.0203. The number of ether oxygens (including phenoxy) is 1. The SMILES string of the molecule is CC(C)c1ccc(CNC=O)cc1.CCOc1ccc(S(=O)(=O)N2CCN(C(C)=O)CC2)cc1. The molecule has 2 aromatic rings. The van der Waals surface area contributed by atoms with Crippen LogP contribution in [0.5, 0.6) is 5.75 Å². The van der Waals surface area contributed by atoms with Gasteiger partial charge in [0.2, 0.25) is 22.3 Å². The lowest BCUT2D eigenvalue weighted by Gasteiger charge is -2.33. The quantitative estimate of drug-likeness (QED) is 0.575. The van der Waals surface area contributed by atoms with Crippen LogP contribution in [-0.4, -0.2) is 62.7 Å². The summed E-state index contributed by atoms with van der Waals surface area (Å²) in [6.45, 7) is 10.4. The maximum Gasteiger partial charge on any atom is 0.243 e. The van der Waals surface area contributed by atoms with Crippen LogP contribution in [0.4, 0.5) is 0 Å². The molecule has 0 saturated carbocycles. The van der Waals surface area contributed by atoms with Crippen molar-refractivity contribution in [3.63, 3.8) is 0 Å². The molecule has 0 aromatic heterocycles. The number of hydrogen-bond donors (Lipinski definition) is 1. The third-order valence-corrected chi connectivity index (χ3v) is 7.41. The minimum atomic E-state index is -3.50. The van der Waals surface area contributed by atoms with Crippen LogP contribution in [-0.2, 0) is 26.2 Å². The Bertz CT molecular complexity index is 1010. The molecule has 1 aliphatic heterocycles. The van der Waals surface area contributed by atoms with E-state index in [9.17, 15) is 18.0 Å². The zero-order valence-corrected chi connectivity index (χ0v) is 21.2. The number of nitrogens with one attached hydrogen (secondary N) is 1. The van der Waals surface area contributed by atoms with Crippen molar-refractivity contribution in [2.75, 3.05) is 32.8 Å². The molecule has 34 heavy (non-hydrogen) atoms. The van der Waals surface area contributed by atoms with Crippen molar-refractivity contribution in [2.24, 2.45) is 0 Å². The highest BCUT2D eigenvalue weighted by Gasteiger charge is 2.29. The molecule has 0 unspecified atom stereocenters. The minimum Gasteiger partial charge on any atom is -0.494 e. The molecule has 0 radical (unpaired) electrons. The fourth-order valence-corrected chi connectivity index (χ4v) is 4.87. The number of hydrogen-bond acceptors (Lipinski definition) is 5. The van der Waals surface area contributed by atoms with E-state index < -0.39 is 10.0 Å². The summed E-state index contributed by atoms with van der Waals surface area (Å²) in [5.41, 5.74) is 2.46. The summed E-state index contributed by atoms with van der Waals surface area (Å²) in [5.74, 6) is 1.19. The Morgan fingerprint density at radius 3 is 2.09 bits per heavy atom. The maximum absolute atomic E-state index is 12.5. The van der Waals surface area contributed by atoms with Gasteiger partial charge in [0.1, 0.15) is 5.75 Å². The Balaban J connectivity index is 0.000000270. The van der Waals surface area contributed by atoms with E-state index >= 15 is 0 Å². The van der Waals surface area contributed by atoms with Crippen LogP contribution in [0.1, 0.15) is 44.7 Å². The Morgan fingerprint density at radius 1 is 1.03 bits per heavy atom. The van der Waals surface area contributed by atoms with Crippen LogP contribution in [0.2, 0.25) is 0 Å².